The molecule has 4 heterocycles. The number of ketones is 1. The van der Waals surface area contributed by atoms with Gasteiger partial charge in [0, 0.05) is 54.6 Å². The van der Waals surface area contributed by atoms with Crippen molar-refractivity contribution in [3.8, 4) is 0 Å². The molecule has 21 nitrogen and oxygen atoms in total. The number of amides is 9. The molecule has 7 atom stereocenters. The Labute approximate surface area is 468 Å². The van der Waals surface area contributed by atoms with Gasteiger partial charge in [-0.05, 0) is 106 Å². The van der Waals surface area contributed by atoms with E-state index in [9.17, 15) is 47.9 Å². The number of unbranched alkanes of at least 4 members (excludes halogenated alkanes) is 4. The Hall–Kier alpha value is -7.06. The van der Waals surface area contributed by atoms with Crippen molar-refractivity contribution in [1.29, 1.82) is 0 Å². The molecule has 21 heteroatoms. The standard InChI is InChI=1S/C59H81N11O10/c1-6-17-42(49(72)56(78)64-37-26-27-37)66-55(77)48-38-21-15-20-36(38)32-70(48)58(80)50(59(3,4)5)68-54(76)47(35-18-11-10-12-19-35)67-52(74)44-31-61-43(30-62-44)51(73)60-29-14-9-7-8-13-24-46(71)65-41-23-16-22-39-40(41)33-69(57(39)79)45-28-25-34(2)63-53(45)75/h16,22-23,30-31,35-38,42,45,47-48,50H,2,6-15,17-21,24-29,32-33H2,1,3-5H3,(H,60,73)(H,63,75)(H,64,78)(H,65,71)(H,66,77)(H,67,74)(H,68,76)/t36-,38?,42-,45?,47-,48-,50+/m0/s1. The molecule has 6 aliphatic rings. The summed E-state index contributed by atoms with van der Waals surface area (Å²) in [5.41, 5.74) is 1.47. The Bertz CT molecular complexity index is 2700. The highest BCUT2D eigenvalue weighted by molar-refractivity contribution is 6.38. The van der Waals surface area contributed by atoms with E-state index in [-0.39, 0.29) is 65.9 Å². The number of fused-ring (bicyclic) bond motifs is 2. The van der Waals surface area contributed by atoms with Crippen molar-refractivity contribution in [2.75, 3.05) is 18.4 Å². The molecule has 7 N–H and O–H groups in total. The smallest absolute Gasteiger partial charge is 0.289 e. The molecule has 2 unspecified atom stereocenters. The number of benzene rings is 1. The summed E-state index contributed by atoms with van der Waals surface area (Å²) in [6.07, 6.45) is 16.5. The van der Waals surface area contributed by atoms with Crippen LogP contribution in [0.2, 0.25) is 0 Å². The van der Waals surface area contributed by atoms with Crippen molar-refractivity contribution in [1.82, 2.24) is 51.7 Å². The number of rotatable bonds is 24. The number of piperidine rings is 1. The summed E-state index contributed by atoms with van der Waals surface area (Å²) in [4.78, 5) is 147. The molecular formula is C59H81N11O10. The maximum atomic E-state index is 14.9. The summed E-state index contributed by atoms with van der Waals surface area (Å²) in [7, 11) is 0. The molecule has 0 spiro atoms. The van der Waals surface area contributed by atoms with E-state index >= 15 is 0 Å². The monoisotopic (exact) mass is 1100 g/mol. The lowest BCUT2D eigenvalue weighted by molar-refractivity contribution is -0.146. The molecule has 80 heavy (non-hydrogen) atoms. The molecule has 8 rings (SSSR count). The van der Waals surface area contributed by atoms with Gasteiger partial charge in [0.15, 0.2) is 0 Å². The third-order valence-corrected chi connectivity index (χ3v) is 16.8. The van der Waals surface area contributed by atoms with E-state index < -0.39 is 76.9 Å². The number of hydrogen-bond donors (Lipinski definition) is 7. The number of nitrogens with one attached hydrogen (secondary N) is 7. The number of allylic oxidation sites excluding steroid dienone is 1. The summed E-state index contributed by atoms with van der Waals surface area (Å²) in [6, 6.07) is 0.542. The zero-order valence-corrected chi connectivity index (χ0v) is 46.9. The lowest BCUT2D eigenvalue weighted by Gasteiger charge is -2.38. The average molecular weight is 1100 g/mol. The summed E-state index contributed by atoms with van der Waals surface area (Å²) < 4.78 is 0. The fourth-order valence-corrected chi connectivity index (χ4v) is 12.2. The van der Waals surface area contributed by atoms with Crippen LogP contribution in [0.4, 0.5) is 5.69 Å². The van der Waals surface area contributed by atoms with Crippen molar-refractivity contribution < 1.29 is 47.9 Å². The highest BCUT2D eigenvalue weighted by atomic mass is 16.2. The van der Waals surface area contributed by atoms with E-state index in [4.69, 9.17) is 0 Å². The Kier molecular flexibility index (Phi) is 19.5. The van der Waals surface area contributed by atoms with Gasteiger partial charge >= 0.3 is 0 Å². The Morgan fingerprint density at radius 3 is 2.21 bits per heavy atom. The van der Waals surface area contributed by atoms with Gasteiger partial charge in [-0.1, -0.05) is 91.7 Å². The molecule has 5 fully saturated rings. The lowest BCUT2D eigenvalue weighted by Crippen LogP contribution is -2.62. The number of nitrogens with zero attached hydrogens (tertiary/aromatic N) is 4. The Morgan fingerprint density at radius 2 is 1.52 bits per heavy atom. The number of hydrogen-bond acceptors (Lipinski definition) is 12. The van der Waals surface area contributed by atoms with Crippen LogP contribution in [0.5, 0.6) is 0 Å². The van der Waals surface area contributed by atoms with E-state index in [1.807, 2.05) is 27.7 Å². The molecule has 1 aromatic heterocycles. The average Bonchev–Trinajstić information content (AvgIpc) is 3.90. The van der Waals surface area contributed by atoms with Crippen LogP contribution in [-0.4, -0.2) is 128 Å². The predicted molar refractivity (Wildman–Crippen MR) is 296 cm³/mol. The molecule has 2 saturated heterocycles. The number of carbonyl (C=O) groups excluding carboxylic acids is 10. The highest BCUT2D eigenvalue weighted by Gasteiger charge is 2.53. The van der Waals surface area contributed by atoms with Crippen LogP contribution in [0.3, 0.4) is 0 Å². The van der Waals surface area contributed by atoms with Crippen molar-refractivity contribution >= 4 is 64.6 Å². The van der Waals surface area contributed by atoms with Crippen LogP contribution >= 0.6 is 0 Å². The van der Waals surface area contributed by atoms with Gasteiger partial charge in [0.25, 0.3) is 23.6 Å². The topological polar surface area (TPSA) is 287 Å². The molecule has 3 saturated carbocycles. The van der Waals surface area contributed by atoms with Crippen LogP contribution in [0, 0.1) is 23.2 Å². The molecule has 9 amide bonds. The minimum Gasteiger partial charge on any atom is -0.351 e. The molecular weight excluding hydrogens is 1020 g/mol. The summed E-state index contributed by atoms with van der Waals surface area (Å²) in [5.74, 6) is -4.97. The first-order chi connectivity index (χ1) is 38.3. The largest absolute Gasteiger partial charge is 0.351 e. The van der Waals surface area contributed by atoms with Crippen LogP contribution in [0.15, 0.2) is 42.9 Å². The molecule has 0 bridgehead atoms. The van der Waals surface area contributed by atoms with Gasteiger partial charge in [-0.25, -0.2) is 9.97 Å². The van der Waals surface area contributed by atoms with Crippen LogP contribution in [-0.2, 0) is 40.1 Å². The van der Waals surface area contributed by atoms with Gasteiger partial charge in [0.05, 0.1) is 18.4 Å². The third kappa shape index (κ3) is 14.5. The van der Waals surface area contributed by atoms with Crippen LogP contribution < -0.4 is 37.2 Å². The number of aromatic nitrogens is 2. The highest BCUT2D eigenvalue weighted by Crippen LogP contribution is 2.43. The van der Waals surface area contributed by atoms with Crippen LogP contribution in [0.25, 0.3) is 0 Å². The van der Waals surface area contributed by atoms with E-state index in [1.165, 1.54) is 12.4 Å². The molecule has 0 radical (unpaired) electrons. The molecule has 2 aromatic rings. The van der Waals surface area contributed by atoms with Gasteiger partial charge in [-0.15, -0.1) is 0 Å². The first-order valence-corrected chi connectivity index (χ1v) is 29.2. The van der Waals surface area contributed by atoms with Gasteiger partial charge < -0.3 is 47.0 Å². The van der Waals surface area contributed by atoms with Gasteiger partial charge in [0.2, 0.25) is 35.3 Å². The quantitative estimate of drug-likeness (QED) is 0.0546. The van der Waals surface area contributed by atoms with Crippen molar-refractivity contribution in [2.45, 2.75) is 199 Å². The fraction of sp³-hybridized carbons (Fsp3) is 0.627. The number of likely N-dealkylation sites (tertiary alicyclic amines) is 1. The zero-order chi connectivity index (χ0) is 57.3. The number of anilines is 1. The first kappa shape index (κ1) is 59.1. The minimum absolute atomic E-state index is 0.0113. The van der Waals surface area contributed by atoms with Crippen molar-refractivity contribution in [3.05, 3.63) is 65.4 Å². The van der Waals surface area contributed by atoms with E-state index in [1.54, 1.807) is 28.0 Å². The van der Waals surface area contributed by atoms with E-state index in [0.29, 0.717) is 87.0 Å². The van der Waals surface area contributed by atoms with Gasteiger partial charge in [-0.3, -0.25) is 47.9 Å². The second kappa shape index (κ2) is 26.5. The molecule has 1 aromatic carbocycles. The Balaban J connectivity index is 0.797. The SMILES string of the molecule is C=C1CCC(N2Cc3c(NC(=O)CCCCCCCNC(=O)c4cnc(C(=O)N[C@H](C(=O)N[C@H](C(=O)N5C[C@@H]6CCCC6[C@H]5C(=O)N[C@@H](CCC)C(=O)C(=O)NC5CC5)C(C)(C)C)C5CCCCC5)cn4)cccc3C2=O)C(=O)N1. The lowest BCUT2D eigenvalue weighted by atomic mass is 9.82. The van der Waals surface area contributed by atoms with Gasteiger partial charge in [-0.2, -0.15) is 0 Å². The zero-order valence-electron chi connectivity index (χ0n) is 46.9. The molecule has 432 valence electrons. The molecule has 3 aliphatic heterocycles. The Morgan fingerprint density at radius 1 is 0.812 bits per heavy atom. The number of carbonyl (C=O) groups is 10. The summed E-state index contributed by atoms with van der Waals surface area (Å²) in [5, 5.41) is 20.0. The minimum atomic E-state index is -1.09. The maximum absolute atomic E-state index is 14.9. The van der Waals surface area contributed by atoms with Gasteiger partial charge in [0.1, 0.15) is 35.6 Å². The summed E-state index contributed by atoms with van der Waals surface area (Å²) in [6.45, 7) is 12.1. The van der Waals surface area contributed by atoms with Crippen molar-refractivity contribution in [3.63, 3.8) is 0 Å². The van der Waals surface area contributed by atoms with Crippen molar-refractivity contribution in [2.24, 2.45) is 23.2 Å². The predicted octanol–water partition coefficient (Wildman–Crippen LogP) is 4.90. The second-order valence-corrected chi connectivity index (χ2v) is 23.9. The molecule has 3 aliphatic carbocycles. The fourth-order valence-electron chi connectivity index (χ4n) is 12.2. The normalized spacial score (nSPS) is 22.0. The number of Topliss-reactive ketones (excluding diaryl/α,β-unsaturated/α-hetero) is 1. The van der Waals surface area contributed by atoms with E-state index in [2.05, 4.69) is 53.8 Å². The summed E-state index contributed by atoms with van der Waals surface area (Å²) >= 11 is 0. The van der Waals surface area contributed by atoms with Crippen LogP contribution in [0.1, 0.15) is 193 Å². The third-order valence-electron chi connectivity index (χ3n) is 16.8. The maximum Gasteiger partial charge on any atom is 0.289 e. The van der Waals surface area contributed by atoms with E-state index in [0.717, 1.165) is 70.6 Å². The second-order valence-electron chi connectivity index (χ2n) is 23.9. The first-order valence-electron chi connectivity index (χ1n) is 29.2.